The molecular weight excluding hydrogens is 280 g/mol. The molecule has 21 heavy (non-hydrogen) atoms. The van der Waals surface area contributed by atoms with Crippen molar-refractivity contribution >= 4 is 22.5 Å². The summed E-state index contributed by atoms with van der Waals surface area (Å²) in [7, 11) is 2.17. The minimum Gasteiger partial charge on any atom is -0.361 e. The molecule has 2 nitrogen and oxygen atoms in total. The van der Waals surface area contributed by atoms with E-state index in [1.54, 1.807) is 0 Å². The van der Waals surface area contributed by atoms with Gasteiger partial charge in [-0.25, -0.2) is 0 Å². The molecule has 0 saturated carbocycles. The summed E-state index contributed by atoms with van der Waals surface area (Å²) in [6.45, 7) is 2.01. The molecule has 3 aromatic rings. The molecule has 2 aromatic carbocycles. The Balaban J connectivity index is 1.63. The van der Waals surface area contributed by atoms with E-state index >= 15 is 0 Å². The molecule has 1 heterocycles. The molecule has 3 rings (SSSR count). The van der Waals surface area contributed by atoms with Crippen molar-refractivity contribution < 1.29 is 0 Å². The minimum absolute atomic E-state index is 0.775. The van der Waals surface area contributed by atoms with Crippen LogP contribution in [0, 0.1) is 0 Å². The highest BCUT2D eigenvalue weighted by molar-refractivity contribution is 6.31. The van der Waals surface area contributed by atoms with Crippen molar-refractivity contribution in [2.45, 2.75) is 13.0 Å². The number of hydrogen-bond donors (Lipinski definition) is 1. The summed E-state index contributed by atoms with van der Waals surface area (Å²) in [5.41, 5.74) is 3.82. The fraction of sp³-hybridized carbons (Fsp3) is 0.222. The second-order valence-electron chi connectivity index (χ2n) is 5.48. The van der Waals surface area contributed by atoms with E-state index in [2.05, 4.69) is 59.5 Å². The number of benzene rings is 2. The van der Waals surface area contributed by atoms with Gasteiger partial charge in [-0.3, -0.25) is 0 Å². The Morgan fingerprint density at radius 2 is 1.90 bits per heavy atom. The number of halogens is 1. The number of rotatable bonds is 5. The Labute approximate surface area is 130 Å². The number of H-pyrrole nitrogens is 1. The molecule has 3 heteroatoms. The van der Waals surface area contributed by atoms with Gasteiger partial charge in [0.2, 0.25) is 0 Å². The highest BCUT2D eigenvalue weighted by Gasteiger charge is 2.06. The van der Waals surface area contributed by atoms with Gasteiger partial charge in [0.25, 0.3) is 0 Å². The molecule has 108 valence electrons. The molecule has 0 aliphatic heterocycles. The minimum atomic E-state index is 0.775. The average molecular weight is 299 g/mol. The Hall–Kier alpha value is -1.77. The van der Waals surface area contributed by atoms with Crippen molar-refractivity contribution in [3.05, 3.63) is 70.9 Å². The van der Waals surface area contributed by atoms with Crippen molar-refractivity contribution in [2.75, 3.05) is 13.6 Å². The first-order chi connectivity index (χ1) is 10.2. The summed E-state index contributed by atoms with van der Waals surface area (Å²) in [5.74, 6) is 0. The van der Waals surface area contributed by atoms with Crippen LogP contribution in [0.5, 0.6) is 0 Å². The van der Waals surface area contributed by atoms with Gasteiger partial charge in [0.05, 0.1) is 0 Å². The highest BCUT2D eigenvalue weighted by Crippen LogP contribution is 2.22. The molecule has 0 aliphatic carbocycles. The number of nitrogens with one attached hydrogen (secondary N) is 1. The maximum atomic E-state index is 6.02. The van der Waals surface area contributed by atoms with Crippen molar-refractivity contribution in [1.82, 2.24) is 9.88 Å². The maximum Gasteiger partial charge on any atom is 0.0471 e. The summed E-state index contributed by atoms with van der Waals surface area (Å²) in [5, 5.41) is 2.05. The van der Waals surface area contributed by atoms with E-state index in [-0.39, 0.29) is 0 Å². The third kappa shape index (κ3) is 3.46. The van der Waals surface area contributed by atoms with Crippen LogP contribution in [-0.4, -0.2) is 23.5 Å². The topological polar surface area (TPSA) is 19.0 Å². The van der Waals surface area contributed by atoms with Gasteiger partial charge in [-0.15, -0.1) is 0 Å². The Morgan fingerprint density at radius 3 is 2.71 bits per heavy atom. The van der Waals surface area contributed by atoms with Crippen LogP contribution in [0.1, 0.15) is 11.1 Å². The molecule has 1 N–H and O–H groups in total. The number of hydrogen-bond acceptors (Lipinski definition) is 1. The van der Waals surface area contributed by atoms with Crippen molar-refractivity contribution in [1.29, 1.82) is 0 Å². The fourth-order valence-electron chi connectivity index (χ4n) is 2.65. The summed E-state index contributed by atoms with van der Waals surface area (Å²) in [6, 6.07) is 16.6. The van der Waals surface area contributed by atoms with E-state index in [1.165, 1.54) is 16.5 Å². The molecule has 0 radical (unpaired) electrons. The van der Waals surface area contributed by atoms with Gasteiger partial charge in [0.15, 0.2) is 0 Å². The molecule has 0 unspecified atom stereocenters. The zero-order valence-electron chi connectivity index (χ0n) is 12.1. The highest BCUT2D eigenvalue weighted by atomic mass is 35.5. The normalized spacial score (nSPS) is 11.4. The number of fused-ring (bicyclic) bond motifs is 1. The molecule has 0 spiro atoms. The smallest absolute Gasteiger partial charge is 0.0471 e. The number of likely N-dealkylation sites (N-methyl/N-ethyl adjacent to an activating group) is 1. The van der Waals surface area contributed by atoms with E-state index < -0.39 is 0 Å². The van der Waals surface area contributed by atoms with E-state index in [0.29, 0.717) is 0 Å². The van der Waals surface area contributed by atoms with E-state index in [0.717, 1.165) is 30.0 Å². The van der Waals surface area contributed by atoms with Gasteiger partial charge in [-0.2, -0.15) is 0 Å². The lowest BCUT2D eigenvalue weighted by atomic mass is 10.1. The molecule has 0 amide bonds. The maximum absolute atomic E-state index is 6.02. The fourth-order valence-corrected chi connectivity index (χ4v) is 2.82. The monoisotopic (exact) mass is 298 g/mol. The van der Waals surface area contributed by atoms with E-state index in [9.17, 15) is 0 Å². The van der Waals surface area contributed by atoms with Crippen LogP contribution in [0.25, 0.3) is 10.9 Å². The van der Waals surface area contributed by atoms with Crippen LogP contribution >= 0.6 is 11.6 Å². The van der Waals surface area contributed by atoms with Crippen molar-refractivity contribution in [3.63, 3.8) is 0 Å². The molecule has 0 atom stereocenters. The van der Waals surface area contributed by atoms with Crippen LogP contribution in [0.2, 0.25) is 5.02 Å². The SMILES string of the molecule is CN(CCc1c[nH]c2cc(Cl)ccc12)Cc1ccccc1. The third-order valence-corrected chi connectivity index (χ3v) is 4.02. The Bertz CT molecular complexity index is 718. The van der Waals surface area contributed by atoms with E-state index in [1.807, 2.05) is 12.1 Å². The lowest BCUT2D eigenvalue weighted by Gasteiger charge is -2.16. The summed E-state index contributed by atoms with van der Waals surface area (Å²) >= 11 is 6.02. The molecule has 1 aromatic heterocycles. The van der Waals surface area contributed by atoms with Gasteiger partial charge >= 0.3 is 0 Å². The van der Waals surface area contributed by atoms with Crippen LogP contribution in [0.4, 0.5) is 0 Å². The first kappa shape index (κ1) is 14.2. The summed E-state index contributed by atoms with van der Waals surface area (Å²) in [4.78, 5) is 5.65. The number of aromatic nitrogens is 1. The number of aromatic amines is 1. The standard InChI is InChI=1S/C18H19ClN2/c1-21(13-14-5-3-2-4-6-14)10-9-15-12-20-18-11-16(19)7-8-17(15)18/h2-8,11-12,20H,9-10,13H2,1H3. The third-order valence-electron chi connectivity index (χ3n) is 3.79. The Morgan fingerprint density at radius 1 is 1.10 bits per heavy atom. The average Bonchev–Trinajstić information content (AvgIpc) is 2.88. The van der Waals surface area contributed by atoms with Crippen LogP contribution in [-0.2, 0) is 13.0 Å². The van der Waals surface area contributed by atoms with Gasteiger partial charge in [0.1, 0.15) is 0 Å². The molecule has 0 fully saturated rings. The zero-order chi connectivity index (χ0) is 14.7. The second kappa shape index (κ2) is 6.33. The lowest BCUT2D eigenvalue weighted by Crippen LogP contribution is -2.20. The van der Waals surface area contributed by atoms with Crippen LogP contribution < -0.4 is 0 Å². The second-order valence-corrected chi connectivity index (χ2v) is 5.91. The van der Waals surface area contributed by atoms with Gasteiger partial charge in [0, 0.05) is 35.2 Å². The summed E-state index contributed by atoms with van der Waals surface area (Å²) < 4.78 is 0. The Kier molecular flexibility index (Phi) is 4.28. The number of nitrogens with zero attached hydrogens (tertiary/aromatic N) is 1. The predicted molar refractivity (Wildman–Crippen MR) is 89.8 cm³/mol. The first-order valence-electron chi connectivity index (χ1n) is 7.20. The summed E-state index contributed by atoms with van der Waals surface area (Å²) in [6.07, 6.45) is 3.13. The predicted octanol–water partition coefficient (Wildman–Crippen LogP) is 4.50. The van der Waals surface area contributed by atoms with Gasteiger partial charge in [-0.05, 0) is 36.7 Å². The first-order valence-corrected chi connectivity index (χ1v) is 7.58. The van der Waals surface area contributed by atoms with Crippen LogP contribution in [0.15, 0.2) is 54.7 Å². The molecule has 0 saturated heterocycles. The van der Waals surface area contributed by atoms with E-state index in [4.69, 9.17) is 11.6 Å². The largest absolute Gasteiger partial charge is 0.361 e. The molecule has 0 aliphatic rings. The lowest BCUT2D eigenvalue weighted by molar-refractivity contribution is 0.331. The molecule has 0 bridgehead atoms. The van der Waals surface area contributed by atoms with Crippen molar-refractivity contribution in [2.24, 2.45) is 0 Å². The van der Waals surface area contributed by atoms with Gasteiger partial charge in [-0.1, -0.05) is 48.0 Å². The quantitative estimate of drug-likeness (QED) is 0.735. The van der Waals surface area contributed by atoms with Crippen molar-refractivity contribution in [3.8, 4) is 0 Å². The zero-order valence-corrected chi connectivity index (χ0v) is 12.9. The van der Waals surface area contributed by atoms with Crippen LogP contribution in [0.3, 0.4) is 0 Å². The molecular formula is C18H19ClN2. The van der Waals surface area contributed by atoms with Gasteiger partial charge < -0.3 is 9.88 Å².